The monoisotopic (exact) mass is 431 g/mol. The van der Waals surface area contributed by atoms with Gasteiger partial charge in [0, 0.05) is 46.0 Å². The molecule has 2 amide bonds. The quantitative estimate of drug-likeness (QED) is 0.639. The molecule has 5 heteroatoms. The number of benzene rings is 1. The summed E-state index contributed by atoms with van der Waals surface area (Å²) < 4.78 is 0. The van der Waals surface area contributed by atoms with E-state index in [0.717, 1.165) is 48.9 Å². The third-order valence-corrected chi connectivity index (χ3v) is 6.80. The minimum absolute atomic E-state index is 0.113. The molecule has 1 aromatic heterocycles. The lowest BCUT2D eigenvalue weighted by molar-refractivity contribution is -0.147. The molecule has 2 aliphatic rings. The summed E-state index contributed by atoms with van der Waals surface area (Å²) in [7, 11) is 3.64. The van der Waals surface area contributed by atoms with Gasteiger partial charge in [0.25, 0.3) is 0 Å². The van der Waals surface area contributed by atoms with Crippen LogP contribution >= 0.6 is 0 Å². The maximum atomic E-state index is 13.5. The Morgan fingerprint density at radius 3 is 2.75 bits per heavy atom. The van der Waals surface area contributed by atoms with Gasteiger partial charge in [0.05, 0.1) is 5.41 Å². The molecular weight excluding hydrogens is 398 g/mol. The molecule has 2 heterocycles. The molecule has 2 atom stereocenters. The van der Waals surface area contributed by atoms with Gasteiger partial charge in [-0.2, -0.15) is 0 Å². The molecule has 0 unspecified atom stereocenters. The van der Waals surface area contributed by atoms with Gasteiger partial charge in [-0.25, -0.2) is 0 Å². The summed E-state index contributed by atoms with van der Waals surface area (Å²) in [4.78, 5) is 34.4. The van der Waals surface area contributed by atoms with Gasteiger partial charge in [0.2, 0.25) is 11.8 Å². The molecule has 1 aliphatic carbocycles. The van der Waals surface area contributed by atoms with E-state index in [-0.39, 0.29) is 11.8 Å². The van der Waals surface area contributed by atoms with Crippen molar-refractivity contribution in [3.63, 3.8) is 0 Å². The van der Waals surface area contributed by atoms with E-state index >= 15 is 0 Å². The lowest BCUT2D eigenvalue weighted by atomic mass is 9.73. The maximum absolute atomic E-state index is 13.5. The lowest BCUT2D eigenvalue weighted by Gasteiger charge is -2.43. The smallest absolute Gasteiger partial charge is 0.230 e. The third kappa shape index (κ3) is 4.93. The number of allylic oxidation sites excluding steroid dienone is 2. The minimum Gasteiger partial charge on any atom is -0.348 e. The zero-order chi connectivity index (χ0) is 22.6. The fraction of sp³-hybridized carbons (Fsp3) is 0.444. The number of hydrogen-bond donors (Lipinski definition) is 0. The number of carbonyl (C=O) groups is 2. The Morgan fingerprint density at radius 2 is 2.03 bits per heavy atom. The van der Waals surface area contributed by atoms with Gasteiger partial charge in [-0.1, -0.05) is 42.5 Å². The fourth-order valence-electron chi connectivity index (χ4n) is 5.22. The topological polar surface area (TPSA) is 53.5 Å². The Labute approximate surface area is 191 Å². The summed E-state index contributed by atoms with van der Waals surface area (Å²) in [6, 6.07) is 12.4. The number of carbonyl (C=O) groups excluding carboxylic acids is 2. The number of pyridine rings is 1. The van der Waals surface area contributed by atoms with Gasteiger partial charge in [-0.15, -0.1) is 0 Å². The van der Waals surface area contributed by atoms with Crippen molar-refractivity contribution < 1.29 is 9.59 Å². The van der Waals surface area contributed by atoms with Crippen molar-refractivity contribution in [2.75, 3.05) is 27.2 Å². The first-order valence-electron chi connectivity index (χ1n) is 11.6. The zero-order valence-electron chi connectivity index (χ0n) is 19.2. The molecule has 1 aromatic carbocycles. The highest BCUT2D eigenvalue weighted by Crippen LogP contribution is 2.37. The average Bonchev–Trinajstić information content (AvgIpc) is 3.32. The summed E-state index contributed by atoms with van der Waals surface area (Å²) in [6.45, 7) is 1.24. The normalized spacial score (nSPS) is 22.7. The van der Waals surface area contributed by atoms with E-state index in [1.807, 2.05) is 43.4 Å². The Morgan fingerprint density at radius 1 is 1.19 bits per heavy atom. The molecule has 1 fully saturated rings. The van der Waals surface area contributed by atoms with Gasteiger partial charge < -0.3 is 9.80 Å². The maximum Gasteiger partial charge on any atom is 0.230 e. The molecule has 0 N–H and O–H groups in total. The standard InChI is InChI=1S/C27H33N3O2/c1-29(2)26(32)27(13-7-15-30(20-27)25(31)17-21-8-3-4-9-21)18-22-10-5-11-23(16-22)24-12-6-14-28-19-24/h3,5-6,8,10-12,14,16,19,21H,4,7,9,13,15,17-18,20H2,1-2H3/t21-,27+/m1/s1. The molecule has 0 spiro atoms. The molecule has 32 heavy (non-hydrogen) atoms. The highest BCUT2D eigenvalue weighted by Gasteiger charge is 2.44. The van der Waals surface area contributed by atoms with Crippen molar-refractivity contribution >= 4 is 11.8 Å². The highest BCUT2D eigenvalue weighted by molar-refractivity contribution is 5.85. The van der Waals surface area contributed by atoms with Gasteiger partial charge in [0.1, 0.15) is 0 Å². The predicted octanol–water partition coefficient (Wildman–Crippen LogP) is 4.34. The molecule has 0 radical (unpaired) electrons. The van der Waals surface area contributed by atoms with Gasteiger partial charge in [-0.3, -0.25) is 14.6 Å². The van der Waals surface area contributed by atoms with Crippen LogP contribution in [0, 0.1) is 11.3 Å². The molecule has 0 bridgehead atoms. The third-order valence-electron chi connectivity index (χ3n) is 6.80. The number of likely N-dealkylation sites (tertiary alicyclic amines) is 1. The largest absolute Gasteiger partial charge is 0.348 e. The van der Waals surface area contributed by atoms with E-state index in [1.165, 1.54) is 0 Å². The van der Waals surface area contributed by atoms with Crippen LogP contribution in [-0.2, 0) is 16.0 Å². The summed E-state index contributed by atoms with van der Waals surface area (Å²) in [5.74, 6) is 0.642. The van der Waals surface area contributed by atoms with E-state index in [9.17, 15) is 9.59 Å². The molecule has 0 saturated carbocycles. The second-order valence-corrected chi connectivity index (χ2v) is 9.49. The number of piperidine rings is 1. The summed E-state index contributed by atoms with van der Waals surface area (Å²) in [5, 5.41) is 0. The minimum atomic E-state index is -0.587. The Balaban J connectivity index is 1.57. The lowest BCUT2D eigenvalue weighted by Crippen LogP contribution is -2.54. The molecule has 1 aliphatic heterocycles. The van der Waals surface area contributed by atoms with Crippen molar-refractivity contribution in [3.8, 4) is 11.1 Å². The van der Waals surface area contributed by atoms with Gasteiger partial charge >= 0.3 is 0 Å². The summed E-state index contributed by atoms with van der Waals surface area (Å²) >= 11 is 0. The van der Waals surface area contributed by atoms with Crippen LogP contribution in [0.15, 0.2) is 60.9 Å². The predicted molar refractivity (Wildman–Crippen MR) is 127 cm³/mol. The molecule has 4 rings (SSSR count). The van der Waals surface area contributed by atoms with Gasteiger partial charge in [-0.05, 0) is 60.8 Å². The second-order valence-electron chi connectivity index (χ2n) is 9.49. The van der Waals surface area contributed by atoms with Crippen LogP contribution in [0.25, 0.3) is 11.1 Å². The molecule has 2 aromatic rings. The van der Waals surface area contributed by atoms with E-state index in [1.54, 1.807) is 11.1 Å². The van der Waals surface area contributed by atoms with Crippen LogP contribution in [0.3, 0.4) is 0 Å². The van der Waals surface area contributed by atoms with E-state index in [4.69, 9.17) is 0 Å². The summed E-state index contributed by atoms with van der Waals surface area (Å²) in [5.41, 5.74) is 2.69. The molecule has 1 saturated heterocycles. The first-order valence-corrected chi connectivity index (χ1v) is 11.6. The number of nitrogens with zero attached hydrogens (tertiary/aromatic N) is 3. The van der Waals surface area contributed by atoms with Crippen LogP contribution < -0.4 is 0 Å². The number of hydrogen-bond acceptors (Lipinski definition) is 3. The van der Waals surface area contributed by atoms with E-state index in [0.29, 0.717) is 25.3 Å². The van der Waals surface area contributed by atoms with Crippen LogP contribution in [0.2, 0.25) is 0 Å². The van der Waals surface area contributed by atoms with E-state index < -0.39 is 5.41 Å². The van der Waals surface area contributed by atoms with E-state index in [2.05, 4.69) is 35.3 Å². The van der Waals surface area contributed by atoms with Crippen molar-refractivity contribution in [2.24, 2.45) is 11.3 Å². The van der Waals surface area contributed by atoms with Crippen LogP contribution in [0.1, 0.15) is 37.7 Å². The van der Waals surface area contributed by atoms with Crippen molar-refractivity contribution in [1.82, 2.24) is 14.8 Å². The zero-order valence-corrected chi connectivity index (χ0v) is 19.2. The first-order chi connectivity index (χ1) is 15.5. The Hall–Kier alpha value is -2.95. The van der Waals surface area contributed by atoms with Crippen molar-refractivity contribution in [3.05, 3.63) is 66.5 Å². The first kappa shape index (κ1) is 22.3. The average molecular weight is 432 g/mol. The Bertz CT molecular complexity index is 985. The van der Waals surface area contributed by atoms with Crippen LogP contribution in [0.4, 0.5) is 0 Å². The summed E-state index contributed by atoms with van der Waals surface area (Å²) in [6.07, 6.45) is 12.9. The van der Waals surface area contributed by atoms with Crippen molar-refractivity contribution in [1.29, 1.82) is 0 Å². The molecule has 168 valence electrons. The van der Waals surface area contributed by atoms with Crippen LogP contribution in [-0.4, -0.2) is 53.8 Å². The van der Waals surface area contributed by atoms with Crippen molar-refractivity contribution in [2.45, 2.75) is 38.5 Å². The number of amides is 2. The number of aromatic nitrogens is 1. The number of rotatable bonds is 6. The van der Waals surface area contributed by atoms with Crippen LogP contribution in [0.5, 0.6) is 0 Å². The van der Waals surface area contributed by atoms with Gasteiger partial charge in [0.15, 0.2) is 0 Å². The fourth-order valence-corrected chi connectivity index (χ4v) is 5.22. The Kier molecular flexibility index (Phi) is 6.73. The molecular formula is C27H33N3O2. The second kappa shape index (κ2) is 9.68. The molecule has 5 nitrogen and oxygen atoms in total. The SMILES string of the molecule is CN(C)C(=O)[C@]1(Cc2cccc(-c3cccnc3)c2)CCCN(C(=O)C[C@@H]2C=CCC2)C1. The highest BCUT2D eigenvalue weighted by atomic mass is 16.2.